The molecule has 0 bridgehead atoms. The highest BCUT2D eigenvalue weighted by molar-refractivity contribution is 6.37. The van der Waals surface area contributed by atoms with Gasteiger partial charge in [-0.1, -0.05) is 5.16 Å². The van der Waals surface area contributed by atoms with Gasteiger partial charge in [0.05, 0.1) is 6.61 Å². The summed E-state index contributed by atoms with van der Waals surface area (Å²) in [6.07, 6.45) is 1.59. The zero-order chi connectivity index (χ0) is 11.1. The molecule has 1 rings (SSSR count). The molecule has 86 valence electrons. The Morgan fingerprint density at radius 3 is 2.67 bits per heavy atom. The van der Waals surface area contributed by atoms with Gasteiger partial charge in [0.25, 0.3) is 0 Å². The molecule has 1 aliphatic rings. The van der Waals surface area contributed by atoms with Crippen LogP contribution in [0.5, 0.6) is 0 Å². The lowest BCUT2D eigenvalue weighted by molar-refractivity contribution is -0.135. The van der Waals surface area contributed by atoms with E-state index in [1.807, 2.05) is 0 Å². The van der Waals surface area contributed by atoms with E-state index in [1.54, 1.807) is 6.92 Å². The van der Waals surface area contributed by atoms with Crippen molar-refractivity contribution < 1.29 is 19.1 Å². The van der Waals surface area contributed by atoms with Gasteiger partial charge in [-0.3, -0.25) is 0 Å². The minimum atomic E-state index is -0.383. The molecule has 1 heterocycles. The third kappa shape index (κ3) is 3.51. The monoisotopic (exact) mass is 215 g/mol. The van der Waals surface area contributed by atoms with E-state index in [1.165, 1.54) is 7.11 Å². The van der Waals surface area contributed by atoms with Gasteiger partial charge >= 0.3 is 5.97 Å². The van der Waals surface area contributed by atoms with Crippen molar-refractivity contribution in [3.63, 3.8) is 0 Å². The van der Waals surface area contributed by atoms with E-state index >= 15 is 0 Å². The minimum absolute atomic E-state index is 0.0951. The van der Waals surface area contributed by atoms with Crippen molar-refractivity contribution in [2.45, 2.75) is 19.8 Å². The van der Waals surface area contributed by atoms with Gasteiger partial charge in [0, 0.05) is 19.1 Å². The maximum Gasteiger partial charge on any atom is 0.356 e. The maximum atomic E-state index is 11.6. The van der Waals surface area contributed by atoms with E-state index in [0.717, 1.165) is 12.8 Å². The van der Waals surface area contributed by atoms with E-state index in [-0.39, 0.29) is 11.9 Å². The Balaban J connectivity index is 2.63. The fourth-order valence-electron chi connectivity index (χ4n) is 1.55. The highest BCUT2D eigenvalue weighted by Gasteiger charge is 2.27. The summed E-state index contributed by atoms with van der Waals surface area (Å²) in [5.74, 6) is -0.288. The summed E-state index contributed by atoms with van der Waals surface area (Å²) in [6, 6.07) is 0. The molecule has 5 nitrogen and oxygen atoms in total. The van der Waals surface area contributed by atoms with Crippen LogP contribution in [-0.4, -0.2) is 38.6 Å². The molecule has 0 atom stereocenters. The molecule has 5 heteroatoms. The van der Waals surface area contributed by atoms with Crippen LogP contribution < -0.4 is 0 Å². The number of carbonyl (C=O) groups is 1. The molecule has 0 radical (unpaired) electrons. The highest BCUT2D eigenvalue weighted by atomic mass is 16.6. The molecular formula is C10H17NO4. The molecule has 0 saturated carbocycles. The standard InChI is InChI=1S/C10H17NO4/c1-3-15-10(12)9(11-13-2)8-4-6-14-7-5-8/h8H,3-7H2,1-2H3. The summed E-state index contributed by atoms with van der Waals surface area (Å²) in [6.45, 7) is 3.44. The second-order valence-corrected chi connectivity index (χ2v) is 3.27. The first-order valence-corrected chi connectivity index (χ1v) is 5.15. The van der Waals surface area contributed by atoms with Gasteiger partial charge < -0.3 is 14.3 Å². The van der Waals surface area contributed by atoms with Crippen molar-refractivity contribution >= 4 is 11.7 Å². The van der Waals surface area contributed by atoms with Crippen LogP contribution in [0.3, 0.4) is 0 Å². The number of carbonyl (C=O) groups excluding carboxylic acids is 1. The molecule has 0 aromatic carbocycles. The summed E-state index contributed by atoms with van der Waals surface area (Å²) in [5, 5.41) is 3.75. The number of oxime groups is 1. The van der Waals surface area contributed by atoms with E-state index < -0.39 is 0 Å². The van der Waals surface area contributed by atoms with E-state index in [0.29, 0.717) is 25.5 Å². The Hall–Kier alpha value is -1.10. The van der Waals surface area contributed by atoms with Crippen LogP contribution in [0.4, 0.5) is 0 Å². The SMILES string of the molecule is CCOC(=O)C(=NOC)C1CCOCC1. The molecule has 0 N–H and O–H groups in total. The first-order valence-electron chi connectivity index (χ1n) is 5.15. The van der Waals surface area contributed by atoms with E-state index in [4.69, 9.17) is 9.47 Å². The molecule has 0 unspecified atom stereocenters. The topological polar surface area (TPSA) is 57.1 Å². The number of nitrogens with zero attached hydrogens (tertiary/aromatic N) is 1. The molecule has 1 aliphatic heterocycles. The third-order valence-corrected chi connectivity index (χ3v) is 2.28. The first kappa shape index (κ1) is 12.0. The van der Waals surface area contributed by atoms with Gasteiger partial charge in [-0.25, -0.2) is 4.79 Å². The Bertz CT molecular complexity index is 234. The van der Waals surface area contributed by atoms with Gasteiger partial charge in [-0.15, -0.1) is 0 Å². The molecule has 15 heavy (non-hydrogen) atoms. The molecule has 0 spiro atoms. The molecule has 0 aromatic heterocycles. The fraction of sp³-hybridized carbons (Fsp3) is 0.800. The van der Waals surface area contributed by atoms with Gasteiger partial charge in [0.2, 0.25) is 0 Å². The number of ether oxygens (including phenoxy) is 2. The molecule has 1 saturated heterocycles. The highest BCUT2D eigenvalue weighted by Crippen LogP contribution is 2.17. The smallest absolute Gasteiger partial charge is 0.356 e. The van der Waals surface area contributed by atoms with Crippen LogP contribution in [0.15, 0.2) is 5.16 Å². The van der Waals surface area contributed by atoms with Gasteiger partial charge in [0.15, 0.2) is 5.71 Å². The number of hydrogen-bond acceptors (Lipinski definition) is 5. The van der Waals surface area contributed by atoms with Crippen molar-refractivity contribution in [2.75, 3.05) is 26.9 Å². The zero-order valence-corrected chi connectivity index (χ0v) is 9.19. The van der Waals surface area contributed by atoms with Crippen LogP contribution in [-0.2, 0) is 19.1 Å². The molecule has 0 aliphatic carbocycles. The summed E-state index contributed by atoms with van der Waals surface area (Å²) >= 11 is 0. The molecule has 0 aromatic rings. The van der Waals surface area contributed by atoms with Crippen LogP contribution in [0, 0.1) is 5.92 Å². The lowest BCUT2D eigenvalue weighted by atomic mass is 9.95. The van der Waals surface area contributed by atoms with Gasteiger partial charge in [-0.2, -0.15) is 0 Å². The predicted molar refractivity (Wildman–Crippen MR) is 54.6 cm³/mol. The van der Waals surface area contributed by atoms with Crippen molar-refractivity contribution in [2.24, 2.45) is 11.1 Å². The van der Waals surface area contributed by atoms with Gasteiger partial charge in [-0.05, 0) is 19.8 Å². The largest absolute Gasteiger partial charge is 0.461 e. The summed E-state index contributed by atoms with van der Waals surface area (Å²) in [5.41, 5.74) is 0.377. The van der Waals surface area contributed by atoms with E-state index in [9.17, 15) is 4.79 Å². The quantitative estimate of drug-likeness (QED) is 0.398. The Kier molecular flexibility index (Phi) is 5.10. The maximum absolute atomic E-state index is 11.6. The summed E-state index contributed by atoms with van der Waals surface area (Å²) in [7, 11) is 1.43. The molecule has 0 amide bonds. The Morgan fingerprint density at radius 2 is 2.13 bits per heavy atom. The molecular weight excluding hydrogens is 198 g/mol. The Labute approximate surface area is 89.4 Å². The number of rotatable bonds is 4. The summed E-state index contributed by atoms with van der Waals surface area (Å²) < 4.78 is 10.1. The number of esters is 1. The normalized spacial score (nSPS) is 18.7. The number of hydrogen-bond donors (Lipinski definition) is 0. The third-order valence-electron chi connectivity index (χ3n) is 2.28. The van der Waals surface area contributed by atoms with Crippen molar-refractivity contribution in [1.29, 1.82) is 0 Å². The lowest BCUT2D eigenvalue weighted by Crippen LogP contribution is -2.31. The summed E-state index contributed by atoms with van der Waals surface area (Å²) in [4.78, 5) is 16.2. The zero-order valence-electron chi connectivity index (χ0n) is 9.19. The van der Waals surface area contributed by atoms with Crippen molar-refractivity contribution in [1.82, 2.24) is 0 Å². The van der Waals surface area contributed by atoms with E-state index in [2.05, 4.69) is 9.99 Å². The van der Waals surface area contributed by atoms with Gasteiger partial charge in [0.1, 0.15) is 7.11 Å². The fourth-order valence-corrected chi connectivity index (χ4v) is 1.55. The average Bonchev–Trinajstić information content (AvgIpc) is 2.27. The predicted octanol–water partition coefficient (Wildman–Crippen LogP) is 0.979. The van der Waals surface area contributed by atoms with Crippen LogP contribution in [0.25, 0.3) is 0 Å². The van der Waals surface area contributed by atoms with Crippen LogP contribution in [0.2, 0.25) is 0 Å². The molecule has 1 fully saturated rings. The van der Waals surface area contributed by atoms with Crippen LogP contribution in [0.1, 0.15) is 19.8 Å². The first-order chi connectivity index (χ1) is 7.29. The second-order valence-electron chi connectivity index (χ2n) is 3.27. The van der Waals surface area contributed by atoms with Crippen molar-refractivity contribution in [3.8, 4) is 0 Å². The van der Waals surface area contributed by atoms with Crippen molar-refractivity contribution in [3.05, 3.63) is 0 Å². The Morgan fingerprint density at radius 1 is 1.47 bits per heavy atom. The lowest BCUT2D eigenvalue weighted by Gasteiger charge is -2.21. The average molecular weight is 215 g/mol. The minimum Gasteiger partial charge on any atom is -0.461 e. The second kappa shape index (κ2) is 6.40. The van der Waals surface area contributed by atoms with Crippen LogP contribution >= 0.6 is 0 Å².